The number of rotatable bonds is 3. The van der Waals surface area contributed by atoms with Gasteiger partial charge in [0.1, 0.15) is 0 Å². The number of aromatic nitrogens is 1. The van der Waals surface area contributed by atoms with Crippen LogP contribution >= 0.6 is 0 Å². The third kappa shape index (κ3) is 3.26. The molecule has 0 spiro atoms. The van der Waals surface area contributed by atoms with Crippen LogP contribution in [0.4, 0.5) is 26.3 Å². The fraction of sp³-hybridized carbons (Fsp3) is 0.333. The van der Waals surface area contributed by atoms with E-state index >= 15 is 0 Å². The molecule has 0 aliphatic carbocycles. The molecule has 1 heterocycles. The van der Waals surface area contributed by atoms with Gasteiger partial charge in [-0.05, 0) is 0 Å². The number of ether oxygens (including phenoxy) is 1. The summed E-state index contributed by atoms with van der Waals surface area (Å²) in [7, 11) is 0. The number of halogens is 6. The molecule has 0 aliphatic heterocycles. The van der Waals surface area contributed by atoms with Gasteiger partial charge in [0.2, 0.25) is 5.95 Å². The zero-order valence-electron chi connectivity index (χ0n) is 8.43. The van der Waals surface area contributed by atoms with Gasteiger partial charge in [0.15, 0.2) is 5.75 Å². The van der Waals surface area contributed by atoms with Crippen molar-refractivity contribution in [2.45, 2.75) is 19.2 Å². The van der Waals surface area contributed by atoms with Gasteiger partial charge in [0.05, 0.1) is 24.3 Å². The molecule has 0 fully saturated rings. The van der Waals surface area contributed by atoms with E-state index in [2.05, 4.69) is 9.72 Å². The summed E-state index contributed by atoms with van der Waals surface area (Å²) in [6.45, 7) is 0. The largest absolute Gasteiger partial charge is 0.573 e. The van der Waals surface area contributed by atoms with Crippen molar-refractivity contribution in [3.63, 3.8) is 0 Å². The molecule has 0 amide bonds. The lowest BCUT2D eigenvalue weighted by molar-refractivity contribution is -0.275. The molecular formula is C9H4F6N2O. The summed E-state index contributed by atoms with van der Waals surface area (Å²) >= 11 is 0. The lowest BCUT2D eigenvalue weighted by atomic mass is 10.1. The lowest BCUT2D eigenvalue weighted by Gasteiger charge is -2.14. The molecule has 3 nitrogen and oxygen atoms in total. The number of nitriles is 1. The van der Waals surface area contributed by atoms with Crippen LogP contribution in [-0.4, -0.2) is 11.3 Å². The average molecular weight is 270 g/mol. The fourth-order valence-corrected chi connectivity index (χ4v) is 1.22. The number of hydrogen-bond donors (Lipinski definition) is 0. The first-order valence-corrected chi connectivity index (χ1v) is 4.34. The van der Waals surface area contributed by atoms with Crippen LogP contribution < -0.4 is 4.74 Å². The molecule has 0 saturated heterocycles. The van der Waals surface area contributed by atoms with Crippen molar-refractivity contribution in [3.05, 3.63) is 23.3 Å². The molecule has 0 radical (unpaired) electrons. The van der Waals surface area contributed by atoms with E-state index in [0.29, 0.717) is 0 Å². The predicted octanol–water partition coefficient (Wildman–Crippen LogP) is 3.12. The number of alkyl halides is 5. The van der Waals surface area contributed by atoms with E-state index in [0.717, 1.165) is 0 Å². The van der Waals surface area contributed by atoms with E-state index in [4.69, 9.17) is 5.26 Å². The monoisotopic (exact) mass is 270 g/mol. The molecule has 0 atom stereocenters. The molecule has 1 aromatic heterocycles. The molecule has 9 heteroatoms. The summed E-state index contributed by atoms with van der Waals surface area (Å²) in [5.74, 6) is -2.74. The SMILES string of the molecule is N#CCc1c(F)ncc(OC(F)(F)F)c1C(F)F. The van der Waals surface area contributed by atoms with E-state index in [9.17, 15) is 26.3 Å². The highest BCUT2D eigenvalue weighted by molar-refractivity contribution is 5.40. The first-order chi connectivity index (χ1) is 8.26. The summed E-state index contributed by atoms with van der Waals surface area (Å²) in [6, 6.07) is 1.36. The van der Waals surface area contributed by atoms with Gasteiger partial charge < -0.3 is 4.74 Å². The molecule has 1 aromatic rings. The highest BCUT2D eigenvalue weighted by Crippen LogP contribution is 2.35. The Morgan fingerprint density at radius 1 is 1.39 bits per heavy atom. The van der Waals surface area contributed by atoms with Crippen LogP contribution in [0.25, 0.3) is 0 Å². The number of hydrogen-bond acceptors (Lipinski definition) is 3. The quantitative estimate of drug-likeness (QED) is 0.626. The first kappa shape index (κ1) is 14.1. The van der Waals surface area contributed by atoms with Crippen molar-refractivity contribution in [3.8, 4) is 11.8 Å². The van der Waals surface area contributed by atoms with Gasteiger partial charge in [-0.1, -0.05) is 0 Å². The van der Waals surface area contributed by atoms with Crippen molar-refractivity contribution < 1.29 is 31.1 Å². The van der Waals surface area contributed by atoms with Gasteiger partial charge in [-0.15, -0.1) is 13.2 Å². The Morgan fingerprint density at radius 2 is 2.00 bits per heavy atom. The minimum Gasteiger partial charge on any atom is -0.404 e. The molecule has 0 aliphatic rings. The van der Waals surface area contributed by atoms with Gasteiger partial charge in [-0.25, -0.2) is 13.8 Å². The molecule has 0 bridgehead atoms. The smallest absolute Gasteiger partial charge is 0.404 e. The Morgan fingerprint density at radius 3 is 2.44 bits per heavy atom. The second kappa shape index (κ2) is 5.12. The van der Waals surface area contributed by atoms with Crippen LogP contribution in [-0.2, 0) is 6.42 Å². The second-order valence-corrected chi connectivity index (χ2v) is 2.99. The molecule has 0 unspecified atom stereocenters. The highest BCUT2D eigenvalue weighted by atomic mass is 19.4. The minimum atomic E-state index is -5.22. The molecule has 0 aromatic carbocycles. The lowest BCUT2D eigenvalue weighted by Crippen LogP contribution is -2.19. The zero-order chi connectivity index (χ0) is 13.9. The van der Waals surface area contributed by atoms with Gasteiger partial charge in [-0.3, -0.25) is 0 Å². The van der Waals surface area contributed by atoms with Gasteiger partial charge >= 0.3 is 6.36 Å². The van der Waals surface area contributed by atoms with Crippen LogP contribution in [0.2, 0.25) is 0 Å². The fourth-order valence-electron chi connectivity index (χ4n) is 1.22. The number of nitrogens with zero attached hydrogens (tertiary/aromatic N) is 2. The summed E-state index contributed by atoms with van der Waals surface area (Å²) in [5.41, 5.74) is -2.23. The molecule has 0 N–H and O–H groups in total. The molecule has 0 saturated carbocycles. The van der Waals surface area contributed by atoms with E-state index < -0.39 is 42.0 Å². The van der Waals surface area contributed by atoms with E-state index in [1.54, 1.807) is 0 Å². The van der Waals surface area contributed by atoms with Crippen molar-refractivity contribution in [1.29, 1.82) is 5.26 Å². The van der Waals surface area contributed by atoms with Crippen molar-refractivity contribution >= 4 is 0 Å². The summed E-state index contributed by atoms with van der Waals surface area (Å²) < 4.78 is 77.5. The van der Waals surface area contributed by atoms with Crippen LogP contribution in [0.1, 0.15) is 17.6 Å². The Labute approximate surface area is 96.6 Å². The molecule has 18 heavy (non-hydrogen) atoms. The third-order valence-corrected chi connectivity index (χ3v) is 1.83. The van der Waals surface area contributed by atoms with E-state index in [-0.39, 0.29) is 6.20 Å². The van der Waals surface area contributed by atoms with Crippen molar-refractivity contribution in [1.82, 2.24) is 4.98 Å². The van der Waals surface area contributed by atoms with Crippen LogP contribution in [0.3, 0.4) is 0 Å². The van der Waals surface area contributed by atoms with Gasteiger partial charge in [-0.2, -0.15) is 9.65 Å². The van der Waals surface area contributed by atoms with Crippen molar-refractivity contribution in [2.75, 3.05) is 0 Å². The predicted molar refractivity (Wildman–Crippen MR) is 45.2 cm³/mol. The van der Waals surface area contributed by atoms with Crippen LogP contribution in [0, 0.1) is 17.3 Å². The zero-order valence-corrected chi connectivity index (χ0v) is 8.43. The summed E-state index contributed by atoms with van der Waals surface area (Å²) in [4.78, 5) is 2.85. The summed E-state index contributed by atoms with van der Waals surface area (Å²) in [5, 5.41) is 8.32. The van der Waals surface area contributed by atoms with E-state index in [1.807, 2.05) is 0 Å². The maximum Gasteiger partial charge on any atom is 0.573 e. The molecular weight excluding hydrogens is 266 g/mol. The maximum atomic E-state index is 13.1. The van der Waals surface area contributed by atoms with Crippen LogP contribution in [0.15, 0.2) is 6.20 Å². The first-order valence-electron chi connectivity index (χ1n) is 4.34. The van der Waals surface area contributed by atoms with Gasteiger partial charge in [0.25, 0.3) is 6.43 Å². The highest BCUT2D eigenvalue weighted by Gasteiger charge is 2.35. The average Bonchev–Trinajstić information content (AvgIpc) is 2.20. The van der Waals surface area contributed by atoms with Crippen LogP contribution in [0.5, 0.6) is 5.75 Å². The van der Waals surface area contributed by atoms with Crippen molar-refractivity contribution in [2.24, 2.45) is 0 Å². The Balaban J connectivity index is 3.35. The van der Waals surface area contributed by atoms with Gasteiger partial charge in [0, 0.05) is 5.56 Å². The Bertz CT molecular complexity index is 479. The Kier molecular flexibility index (Phi) is 4.00. The Hall–Kier alpha value is -1.98. The normalized spacial score (nSPS) is 11.4. The maximum absolute atomic E-state index is 13.1. The number of pyridine rings is 1. The standard InChI is InChI=1S/C9H4F6N2O/c10-7(11)6-4(1-2-16)8(12)17-3-5(6)18-9(13,14)15/h3,7H,1H2. The molecule has 1 rings (SSSR count). The minimum absolute atomic E-state index is 0.200. The topological polar surface area (TPSA) is 45.9 Å². The summed E-state index contributed by atoms with van der Waals surface area (Å²) in [6.07, 6.45) is -9.28. The van der Waals surface area contributed by atoms with E-state index in [1.165, 1.54) is 6.07 Å². The second-order valence-electron chi connectivity index (χ2n) is 2.99. The molecule has 98 valence electrons. The third-order valence-electron chi connectivity index (χ3n) is 1.83.